The standard InChI is InChI=1S/C14H15BO4S2/c1-21(18,19)14-7-5-13(6-8-14)20-10-11-3-2-4-12(9-11)15(16)17/h2-9,16-17H,10H2,1H3. The second-order valence-corrected chi connectivity index (χ2v) is 7.72. The van der Waals surface area contributed by atoms with Crippen LogP contribution < -0.4 is 5.46 Å². The number of benzene rings is 2. The molecule has 4 nitrogen and oxygen atoms in total. The van der Waals surface area contributed by atoms with E-state index in [1.165, 1.54) is 6.26 Å². The summed E-state index contributed by atoms with van der Waals surface area (Å²) in [6.45, 7) is 0. The summed E-state index contributed by atoms with van der Waals surface area (Å²) in [5.74, 6) is 0.665. The molecule has 21 heavy (non-hydrogen) atoms. The Balaban J connectivity index is 2.05. The summed E-state index contributed by atoms with van der Waals surface area (Å²) in [7, 11) is -4.64. The van der Waals surface area contributed by atoms with E-state index in [4.69, 9.17) is 10.0 Å². The summed E-state index contributed by atoms with van der Waals surface area (Å²) in [4.78, 5) is 1.26. The summed E-state index contributed by atoms with van der Waals surface area (Å²) in [5.41, 5.74) is 1.43. The maximum Gasteiger partial charge on any atom is 0.488 e. The van der Waals surface area contributed by atoms with E-state index in [1.54, 1.807) is 54.2 Å². The Morgan fingerprint density at radius 1 is 1.10 bits per heavy atom. The number of hydrogen-bond acceptors (Lipinski definition) is 5. The van der Waals surface area contributed by atoms with Gasteiger partial charge >= 0.3 is 7.12 Å². The first-order valence-electron chi connectivity index (χ1n) is 6.24. The van der Waals surface area contributed by atoms with Gasteiger partial charge in [0.2, 0.25) is 0 Å². The van der Waals surface area contributed by atoms with Gasteiger partial charge in [-0.15, -0.1) is 11.8 Å². The van der Waals surface area contributed by atoms with Crippen molar-refractivity contribution < 1.29 is 18.5 Å². The van der Waals surface area contributed by atoms with E-state index in [0.717, 1.165) is 10.5 Å². The molecule has 2 aromatic carbocycles. The highest BCUT2D eigenvalue weighted by Crippen LogP contribution is 2.23. The lowest BCUT2D eigenvalue weighted by Crippen LogP contribution is -2.29. The topological polar surface area (TPSA) is 74.6 Å². The average molecular weight is 322 g/mol. The Hall–Kier alpha value is -1.28. The predicted molar refractivity (Wildman–Crippen MR) is 85.4 cm³/mol. The normalized spacial score (nSPS) is 11.4. The molecule has 0 aliphatic heterocycles. The van der Waals surface area contributed by atoms with Gasteiger partial charge in [0.1, 0.15) is 0 Å². The van der Waals surface area contributed by atoms with Crippen molar-refractivity contribution in [2.24, 2.45) is 0 Å². The van der Waals surface area contributed by atoms with Gasteiger partial charge < -0.3 is 10.0 Å². The molecule has 0 spiro atoms. The fourth-order valence-electron chi connectivity index (χ4n) is 1.79. The number of hydrogen-bond donors (Lipinski definition) is 2. The van der Waals surface area contributed by atoms with Crippen LogP contribution in [0.3, 0.4) is 0 Å². The third kappa shape index (κ3) is 4.61. The molecule has 0 radical (unpaired) electrons. The number of thioether (sulfide) groups is 1. The number of sulfone groups is 1. The van der Waals surface area contributed by atoms with Crippen LogP contribution in [0.15, 0.2) is 58.3 Å². The van der Waals surface area contributed by atoms with Gasteiger partial charge in [-0.05, 0) is 35.3 Å². The first-order valence-corrected chi connectivity index (χ1v) is 9.12. The highest BCUT2D eigenvalue weighted by Gasteiger charge is 2.11. The molecule has 0 saturated carbocycles. The molecule has 0 atom stereocenters. The second kappa shape index (κ2) is 6.66. The van der Waals surface area contributed by atoms with E-state index in [0.29, 0.717) is 16.1 Å². The molecule has 2 rings (SSSR count). The summed E-state index contributed by atoms with van der Waals surface area (Å²) in [6, 6.07) is 13.8. The zero-order valence-electron chi connectivity index (χ0n) is 11.4. The molecule has 0 saturated heterocycles. The Morgan fingerprint density at radius 2 is 1.76 bits per heavy atom. The molecule has 0 aliphatic carbocycles. The molecule has 0 heterocycles. The van der Waals surface area contributed by atoms with Gasteiger partial charge in [-0.1, -0.05) is 24.3 Å². The van der Waals surface area contributed by atoms with Gasteiger partial charge in [0.05, 0.1) is 4.90 Å². The first kappa shape index (κ1) is 16.1. The summed E-state index contributed by atoms with van der Waals surface area (Å²) >= 11 is 1.56. The number of rotatable bonds is 5. The largest absolute Gasteiger partial charge is 0.488 e. The molecule has 2 aromatic rings. The molecule has 0 aromatic heterocycles. The smallest absolute Gasteiger partial charge is 0.423 e. The van der Waals surface area contributed by atoms with Gasteiger partial charge in [0.15, 0.2) is 9.84 Å². The van der Waals surface area contributed by atoms with Crippen molar-refractivity contribution in [2.45, 2.75) is 15.5 Å². The highest BCUT2D eigenvalue weighted by molar-refractivity contribution is 7.98. The van der Waals surface area contributed by atoms with Crippen LogP contribution in [0.1, 0.15) is 5.56 Å². The lowest BCUT2D eigenvalue weighted by molar-refractivity contribution is 0.425. The van der Waals surface area contributed by atoms with Crippen molar-refractivity contribution in [1.82, 2.24) is 0 Å². The molecule has 2 N–H and O–H groups in total. The van der Waals surface area contributed by atoms with Gasteiger partial charge in [-0.2, -0.15) is 0 Å². The van der Waals surface area contributed by atoms with E-state index >= 15 is 0 Å². The molecule has 0 aliphatic rings. The van der Waals surface area contributed by atoms with Crippen LogP contribution in [-0.2, 0) is 15.6 Å². The van der Waals surface area contributed by atoms with Crippen molar-refractivity contribution in [2.75, 3.05) is 6.26 Å². The van der Waals surface area contributed by atoms with Gasteiger partial charge in [0, 0.05) is 16.9 Å². The Morgan fingerprint density at radius 3 is 2.33 bits per heavy atom. The minimum Gasteiger partial charge on any atom is -0.423 e. The van der Waals surface area contributed by atoms with Crippen LogP contribution in [0.5, 0.6) is 0 Å². The van der Waals surface area contributed by atoms with E-state index in [1.807, 2.05) is 6.07 Å². The van der Waals surface area contributed by atoms with Crippen molar-refractivity contribution >= 4 is 34.2 Å². The Kier molecular flexibility index (Phi) is 5.11. The van der Waals surface area contributed by atoms with Crippen molar-refractivity contribution in [1.29, 1.82) is 0 Å². The molecule has 0 fully saturated rings. The monoisotopic (exact) mass is 322 g/mol. The molecule has 7 heteroatoms. The molecule has 0 bridgehead atoms. The summed E-state index contributed by atoms with van der Waals surface area (Å²) < 4.78 is 22.7. The van der Waals surface area contributed by atoms with Crippen LogP contribution >= 0.6 is 11.8 Å². The van der Waals surface area contributed by atoms with E-state index in [2.05, 4.69) is 0 Å². The van der Waals surface area contributed by atoms with E-state index in [9.17, 15) is 8.42 Å². The quantitative estimate of drug-likeness (QED) is 0.636. The lowest BCUT2D eigenvalue weighted by atomic mass is 9.80. The van der Waals surface area contributed by atoms with Crippen LogP contribution in [-0.4, -0.2) is 31.8 Å². The van der Waals surface area contributed by atoms with Crippen LogP contribution in [0, 0.1) is 0 Å². The highest BCUT2D eigenvalue weighted by atomic mass is 32.2. The third-order valence-corrected chi connectivity index (χ3v) is 5.12. The molecule has 110 valence electrons. The van der Waals surface area contributed by atoms with Crippen LogP contribution in [0.2, 0.25) is 0 Å². The first-order chi connectivity index (χ1) is 9.86. The van der Waals surface area contributed by atoms with Gasteiger partial charge in [-0.3, -0.25) is 0 Å². The molecule has 0 amide bonds. The Labute approximate surface area is 128 Å². The third-order valence-electron chi connectivity index (χ3n) is 2.91. The molecular weight excluding hydrogens is 307 g/mol. The van der Waals surface area contributed by atoms with Crippen molar-refractivity contribution in [3.8, 4) is 0 Å². The predicted octanol–water partition coefficient (Wildman–Crippen LogP) is 1.06. The van der Waals surface area contributed by atoms with Crippen molar-refractivity contribution in [3.05, 3.63) is 54.1 Å². The zero-order chi connectivity index (χ0) is 15.5. The van der Waals surface area contributed by atoms with E-state index < -0.39 is 17.0 Å². The van der Waals surface area contributed by atoms with Crippen molar-refractivity contribution in [3.63, 3.8) is 0 Å². The average Bonchev–Trinajstić information content (AvgIpc) is 2.45. The van der Waals surface area contributed by atoms with E-state index in [-0.39, 0.29) is 0 Å². The van der Waals surface area contributed by atoms with Gasteiger partial charge in [-0.25, -0.2) is 8.42 Å². The second-order valence-electron chi connectivity index (χ2n) is 4.65. The van der Waals surface area contributed by atoms with Crippen LogP contribution in [0.25, 0.3) is 0 Å². The summed E-state index contributed by atoms with van der Waals surface area (Å²) in [5, 5.41) is 18.3. The maximum absolute atomic E-state index is 11.4. The SMILES string of the molecule is CS(=O)(=O)c1ccc(SCc2cccc(B(O)O)c2)cc1. The lowest BCUT2D eigenvalue weighted by Gasteiger charge is -2.05. The maximum atomic E-state index is 11.4. The molecule has 0 unspecified atom stereocenters. The van der Waals surface area contributed by atoms with Gasteiger partial charge in [0.25, 0.3) is 0 Å². The summed E-state index contributed by atoms with van der Waals surface area (Å²) in [6.07, 6.45) is 1.18. The minimum atomic E-state index is -3.17. The fourth-order valence-corrected chi connectivity index (χ4v) is 3.27. The minimum absolute atomic E-state index is 0.303. The molecular formula is C14H15BO4S2. The Bertz CT molecular complexity index is 712. The van der Waals surface area contributed by atoms with Crippen LogP contribution in [0.4, 0.5) is 0 Å². The fraction of sp³-hybridized carbons (Fsp3) is 0.143. The zero-order valence-corrected chi connectivity index (χ0v) is 13.1.